The van der Waals surface area contributed by atoms with Crippen molar-refractivity contribution in [2.24, 2.45) is 5.92 Å². The molecule has 1 aromatic rings. The zero-order valence-electron chi connectivity index (χ0n) is 11.2. The molecule has 0 aliphatic carbocycles. The fraction of sp³-hybridized carbons (Fsp3) is 0.769. The molecule has 3 nitrogen and oxygen atoms in total. The van der Waals surface area contributed by atoms with Crippen molar-refractivity contribution in [2.75, 3.05) is 5.32 Å². The van der Waals surface area contributed by atoms with Gasteiger partial charge < -0.3 is 9.88 Å². The molecule has 0 unspecified atom stereocenters. The van der Waals surface area contributed by atoms with Crippen molar-refractivity contribution in [3.8, 4) is 0 Å². The first-order valence-corrected chi connectivity index (χ1v) is 6.37. The molecular weight excluding hydrogens is 198 g/mol. The molecule has 0 aliphatic rings. The van der Waals surface area contributed by atoms with Crippen LogP contribution in [-0.4, -0.2) is 15.6 Å². The third kappa shape index (κ3) is 3.54. The van der Waals surface area contributed by atoms with Gasteiger partial charge in [0, 0.05) is 18.8 Å². The number of anilines is 1. The third-order valence-electron chi connectivity index (χ3n) is 2.78. The van der Waals surface area contributed by atoms with Crippen LogP contribution in [0.4, 0.5) is 5.95 Å². The maximum absolute atomic E-state index is 4.55. The lowest BCUT2D eigenvalue weighted by atomic mass is 10.2. The monoisotopic (exact) mass is 223 g/mol. The number of imidazole rings is 1. The van der Waals surface area contributed by atoms with Crippen molar-refractivity contribution in [3.63, 3.8) is 0 Å². The highest BCUT2D eigenvalue weighted by Crippen LogP contribution is 2.14. The van der Waals surface area contributed by atoms with E-state index in [9.17, 15) is 0 Å². The molecule has 0 aromatic carbocycles. The summed E-state index contributed by atoms with van der Waals surface area (Å²) < 4.78 is 2.23. The summed E-state index contributed by atoms with van der Waals surface area (Å²) in [5, 5.41) is 3.52. The Morgan fingerprint density at radius 2 is 1.94 bits per heavy atom. The summed E-state index contributed by atoms with van der Waals surface area (Å²) in [7, 11) is 0. The molecule has 0 saturated carbocycles. The van der Waals surface area contributed by atoms with Gasteiger partial charge in [-0.05, 0) is 25.7 Å². The number of hydrogen-bond donors (Lipinski definition) is 1. The van der Waals surface area contributed by atoms with Gasteiger partial charge in [0.2, 0.25) is 5.95 Å². The van der Waals surface area contributed by atoms with Crippen LogP contribution >= 0.6 is 0 Å². The van der Waals surface area contributed by atoms with E-state index in [4.69, 9.17) is 0 Å². The molecule has 92 valence electrons. The number of aryl methyl sites for hydroxylation is 1. The second-order valence-corrected chi connectivity index (χ2v) is 4.91. The Kier molecular flexibility index (Phi) is 4.84. The molecule has 0 atom stereocenters. The second kappa shape index (κ2) is 5.92. The molecule has 0 bridgehead atoms. The number of hydrogen-bond acceptors (Lipinski definition) is 2. The van der Waals surface area contributed by atoms with E-state index in [-0.39, 0.29) is 0 Å². The van der Waals surface area contributed by atoms with Gasteiger partial charge >= 0.3 is 0 Å². The molecule has 0 spiro atoms. The Balaban J connectivity index is 2.77. The average Bonchev–Trinajstić information content (AvgIpc) is 2.54. The normalized spacial score (nSPS) is 11.4. The Labute approximate surface area is 99.3 Å². The van der Waals surface area contributed by atoms with Crippen LogP contribution in [0.1, 0.15) is 46.2 Å². The molecule has 3 heteroatoms. The summed E-state index contributed by atoms with van der Waals surface area (Å²) in [6.45, 7) is 12.0. The predicted molar refractivity (Wildman–Crippen MR) is 69.8 cm³/mol. The lowest BCUT2D eigenvalue weighted by Crippen LogP contribution is -2.20. The minimum Gasteiger partial charge on any atom is -0.353 e. The van der Waals surface area contributed by atoms with Crippen LogP contribution in [-0.2, 0) is 6.54 Å². The lowest BCUT2D eigenvalue weighted by molar-refractivity contribution is 0.521. The third-order valence-corrected chi connectivity index (χ3v) is 2.78. The molecular formula is C13H25N3. The molecule has 1 aromatic heterocycles. The maximum Gasteiger partial charge on any atom is 0.203 e. The van der Waals surface area contributed by atoms with E-state index in [2.05, 4.69) is 55.7 Å². The Bertz CT molecular complexity index is 311. The summed E-state index contributed by atoms with van der Waals surface area (Å²) in [6.07, 6.45) is 4.42. The highest BCUT2D eigenvalue weighted by atomic mass is 15.2. The van der Waals surface area contributed by atoms with E-state index in [1.165, 1.54) is 0 Å². The summed E-state index contributed by atoms with van der Waals surface area (Å²) in [6, 6.07) is 0.535. The lowest BCUT2D eigenvalue weighted by Gasteiger charge is -2.17. The zero-order valence-corrected chi connectivity index (χ0v) is 11.2. The van der Waals surface area contributed by atoms with Crippen molar-refractivity contribution in [1.29, 1.82) is 0 Å². The summed E-state index contributed by atoms with van der Waals surface area (Å²) in [4.78, 5) is 4.55. The topological polar surface area (TPSA) is 29.9 Å². The summed E-state index contributed by atoms with van der Waals surface area (Å²) in [5.41, 5.74) is 1.09. The minimum atomic E-state index is 0.535. The number of nitrogens with zero attached hydrogens (tertiary/aromatic N) is 2. The highest BCUT2D eigenvalue weighted by Gasteiger charge is 2.10. The van der Waals surface area contributed by atoms with Crippen molar-refractivity contribution in [1.82, 2.24) is 9.55 Å². The van der Waals surface area contributed by atoms with Crippen LogP contribution in [0, 0.1) is 12.8 Å². The number of rotatable bonds is 6. The van der Waals surface area contributed by atoms with Gasteiger partial charge in [-0.25, -0.2) is 4.98 Å². The highest BCUT2D eigenvalue weighted by molar-refractivity contribution is 5.30. The maximum atomic E-state index is 4.55. The van der Waals surface area contributed by atoms with Crippen LogP contribution < -0.4 is 5.32 Å². The predicted octanol–water partition coefficient (Wildman–Crippen LogP) is 3.45. The molecule has 0 aliphatic heterocycles. The van der Waals surface area contributed by atoms with E-state index in [1.54, 1.807) is 0 Å². The van der Waals surface area contributed by atoms with E-state index in [0.717, 1.165) is 31.0 Å². The van der Waals surface area contributed by atoms with Gasteiger partial charge in [-0.2, -0.15) is 0 Å². The van der Waals surface area contributed by atoms with E-state index in [1.807, 2.05) is 0 Å². The largest absolute Gasteiger partial charge is 0.353 e. The van der Waals surface area contributed by atoms with E-state index < -0.39 is 0 Å². The second-order valence-electron chi connectivity index (χ2n) is 4.91. The molecule has 0 radical (unpaired) electrons. The van der Waals surface area contributed by atoms with Crippen molar-refractivity contribution in [2.45, 2.75) is 60.0 Å². The van der Waals surface area contributed by atoms with Crippen molar-refractivity contribution in [3.05, 3.63) is 11.9 Å². The van der Waals surface area contributed by atoms with Crippen LogP contribution in [0.3, 0.4) is 0 Å². The first-order chi connectivity index (χ1) is 7.56. The Morgan fingerprint density at radius 1 is 1.31 bits per heavy atom. The molecule has 1 rings (SSSR count). The molecule has 0 amide bonds. The fourth-order valence-corrected chi connectivity index (χ4v) is 1.87. The summed E-state index contributed by atoms with van der Waals surface area (Å²) >= 11 is 0. The van der Waals surface area contributed by atoms with E-state index >= 15 is 0 Å². The molecule has 0 fully saturated rings. The van der Waals surface area contributed by atoms with Gasteiger partial charge in [-0.1, -0.05) is 27.7 Å². The standard InChI is InChI=1S/C13H25N3/c1-6-12(7-2)15-13-14-11(5)9-16(13)8-10(3)4/h9-10,12H,6-8H2,1-5H3,(H,14,15). The first-order valence-electron chi connectivity index (χ1n) is 6.37. The number of nitrogens with one attached hydrogen (secondary N) is 1. The Morgan fingerprint density at radius 3 is 2.44 bits per heavy atom. The molecule has 1 N–H and O–H groups in total. The van der Waals surface area contributed by atoms with Gasteiger partial charge in [-0.15, -0.1) is 0 Å². The minimum absolute atomic E-state index is 0.535. The smallest absolute Gasteiger partial charge is 0.203 e. The van der Waals surface area contributed by atoms with Gasteiger partial charge in [0.1, 0.15) is 0 Å². The average molecular weight is 223 g/mol. The van der Waals surface area contributed by atoms with Gasteiger partial charge in [-0.3, -0.25) is 0 Å². The molecule has 0 saturated heterocycles. The fourth-order valence-electron chi connectivity index (χ4n) is 1.87. The summed E-state index contributed by atoms with van der Waals surface area (Å²) in [5.74, 6) is 1.68. The van der Waals surface area contributed by atoms with Crippen molar-refractivity contribution >= 4 is 5.95 Å². The Hall–Kier alpha value is -0.990. The number of aromatic nitrogens is 2. The van der Waals surface area contributed by atoms with Crippen LogP contribution in [0.25, 0.3) is 0 Å². The van der Waals surface area contributed by atoms with Crippen LogP contribution in [0.15, 0.2) is 6.20 Å². The van der Waals surface area contributed by atoms with Gasteiger partial charge in [0.05, 0.1) is 5.69 Å². The quantitative estimate of drug-likeness (QED) is 0.800. The van der Waals surface area contributed by atoms with Crippen LogP contribution in [0.5, 0.6) is 0 Å². The first kappa shape index (κ1) is 13.1. The van der Waals surface area contributed by atoms with Gasteiger partial charge in [0.25, 0.3) is 0 Å². The molecule has 1 heterocycles. The van der Waals surface area contributed by atoms with E-state index in [0.29, 0.717) is 12.0 Å². The van der Waals surface area contributed by atoms with Crippen molar-refractivity contribution < 1.29 is 0 Å². The zero-order chi connectivity index (χ0) is 12.1. The van der Waals surface area contributed by atoms with Crippen LogP contribution in [0.2, 0.25) is 0 Å². The van der Waals surface area contributed by atoms with Gasteiger partial charge in [0.15, 0.2) is 0 Å². The molecule has 16 heavy (non-hydrogen) atoms. The SMILES string of the molecule is CCC(CC)Nc1nc(C)cn1CC(C)C.